The lowest BCUT2D eigenvalue weighted by molar-refractivity contribution is -0.137. The molecule has 1 fully saturated rings. The van der Waals surface area contributed by atoms with E-state index in [9.17, 15) is 23.1 Å². The number of hydrogen-bond acceptors (Lipinski definition) is 5. The number of carboxylic acid groups (broad SMARTS) is 1. The average molecular weight is 342 g/mol. The molecule has 1 aliphatic rings. The molecule has 4 N–H and O–H groups in total. The van der Waals surface area contributed by atoms with E-state index in [0.29, 0.717) is 12.0 Å². The monoisotopic (exact) mass is 342 g/mol. The van der Waals surface area contributed by atoms with Crippen molar-refractivity contribution in [3.05, 3.63) is 29.8 Å². The van der Waals surface area contributed by atoms with Crippen LogP contribution in [0.25, 0.3) is 0 Å². The highest BCUT2D eigenvalue weighted by Gasteiger charge is 2.42. The zero-order valence-corrected chi connectivity index (χ0v) is 13.1. The number of carboxylic acids is 1. The van der Waals surface area contributed by atoms with Gasteiger partial charge < -0.3 is 15.9 Å². The lowest BCUT2D eigenvalue weighted by Crippen LogP contribution is -2.43. The quantitative estimate of drug-likeness (QED) is 0.626. The average Bonchev–Trinajstić information content (AvgIpc) is 2.88. The molecule has 2 rings (SSSR count). The van der Waals surface area contributed by atoms with Crippen molar-refractivity contribution in [2.24, 2.45) is 5.73 Å². The van der Waals surface area contributed by atoms with Gasteiger partial charge in [0.1, 0.15) is 6.04 Å². The number of carbonyl (C=O) groups excluding carboxylic acids is 1. The lowest BCUT2D eigenvalue weighted by Gasteiger charge is -2.21. The second-order valence-corrected chi connectivity index (χ2v) is 7.31. The van der Waals surface area contributed by atoms with E-state index in [1.807, 2.05) is 0 Å². The third-order valence-corrected chi connectivity index (χ3v) is 5.61. The minimum absolute atomic E-state index is 0.0226. The molecule has 1 aromatic carbocycles. The van der Waals surface area contributed by atoms with Gasteiger partial charge in [0.2, 0.25) is 15.9 Å². The lowest BCUT2D eigenvalue weighted by atomic mass is 10.1. The van der Waals surface area contributed by atoms with E-state index >= 15 is 0 Å². The Bertz CT molecular complexity index is 700. The van der Waals surface area contributed by atoms with Crippen LogP contribution < -0.4 is 5.73 Å². The molecule has 23 heavy (non-hydrogen) atoms. The molecule has 1 aliphatic heterocycles. The first-order chi connectivity index (χ1) is 10.7. The maximum absolute atomic E-state index is 12.6. The second-order valence-electron chi connectivity index (χ2n) is 5.42. The summed E-state index contributed by atoms with van der Waals surface area (Å²) < 4.78 is 26.1. The van der Waals surface area contributed by atoms with E-state index in [1.165, 1.54) is 24.3 Å². The fraction of sp³-hybridized carbons (Fsp3) is 0.429. The molecule has 0 radical (unpaired) electrons. The first-order valence-corrected chi connectivity index (χ1v) is 8.46. The van der Waals surface area contributed by atoms with Crippen LogP contribution in [0.3, 0.4) is 0 Å². The van der Waals surface area contributed by atoms with Gasteiger partial charge in [-0.15, -0.1) is 0 Å². The molecular formula is C14H18N2O6S. The van der Waals surface area contributed by atoms with Crippen molar-refractivity contribution >= 4 is 21.9 Å². The summed E-state index contributed by atoms with van der Waals surface area (Å²) in [6.07, 6.45) is -0.710. The molecule has 0 spiro atoms. The molecule has 2 unspecified atom stereocenters. The summed E-state index contributed by atoms with van der Waals surface area (Å²) in [5, 5.41) is 18.3. The normalized spacial score (nSPS) is 22.1. The Balaban J connectivity index is 2.22. The third-order valence-electron chi connectivity index (χ3n) is 3.72. The molecule has 0 aromatic heterocycles. The molecule has 0 aliphatic carbocycles. The minimum atomic E-state index is -3.96. The highest BCUT2D eigenvalue weighted by Crippen LogP contribution is 2.26. The number of primary amides is 1. The summed E-state index contributed by atoms with van der Waals surface area (Å²) in [5.41, 5.74) is 5.90. The SMILES string of the molecule is NC(=O)C1CC(O)CN1S(=O)(=O)c1ccc(CCC(=O)O)cc1. The largest absolute Gasteiger partial charge is 0.481 e. The topological polar surface area (TPSA) is 138 Å². The number of carbonyl (C=O) groups is 2. The summed E-state index contributed by atoms with van der Waals surface area (Å²) in [6, 6.07) is 4.70. The van der Waals surface area contributed by atoms with E-state index in [0.717, 1.165) is 4.31 Å². The first-order valence-electron chi connectivity index (χ1n) is 7.02. The first kappa shape index (κ1) is 17.4. The second kappa shape index (κ2) is 6.65. The Morgan fingerprint density at radius 1 is 1.26 bits per heavy atom. The van der Waals surface area contributed by atoms with Crippen LogP contribution in [0.4, 0.5) is 0 Å². The van der Waals surface area contributed by atoms with Crippen LogP contribution >= 0.6 is 0 Å². The number of hydrogen-bond donors (Lipinski definition) is 3. The van der Waals surface area contributed by atoms with Gasteiger partial charge in [-0.1, -0.05) is 12.1 Å². The van der Waals surface area contributed by atoms with E-state index < -0.39 is 34.0 Å². The number of sulfonamides is 1. The Kier molecular flexibility index (Phi) is 5.03. The number of aliphatic hydroxyl groups is 1. The number of rotatable bonds is 6. The number of aliphatic hydroxyl groups excluding tert-OH is 1. The van der Waals surface area contributed by atoms with Crippen molar-refractivity contribution < 1.29 is 28.2 Å². The number of nitrogens with two attached hydrogens (primary N) is 1. The van der Waals surface area contributed by atoms with Gasteiger partial charge in [-0.3, -0.25) is 9.59 Å². The van der Waals surface area contributed by atoms with Crippen LogP contribution in [0.2, 0.25) is 0 Å². The van der Waals surface area contributed by atoms with Crippen molar-refractivity contribution in [3.8, 4) is 0 Å². The molecule has 0 bridgehead atoms. The summed E-state index contributed by atoms with van der Waals surface area (Å²) in [6.45, 7) is -0.184. The fourth-order valence-corrected chi connectivity index (χ4v) is 4.17. The third kappa shape index (κ3) is 3.87. The van der Waals surface area contributed by atoms with E-state index in [2.05, 4.69) is 0 Å². The molecule has 2 atom stereocenters. The zero-order valence-electron chi connectivity index (χ0n) is 12.3. The molecule has 126 valence electrons. The number of benzene rings is 1. The Morgan fingerprint density at radius 3 is 2.39 bits per heavy atom. The fourth-order valence-electron chi connectivity index (χ4n) is 2.52. The van der Waals surface area contributed by atoms with Crippen molar-refractivity contribution in [2.75, 3.05) is 6.54 Å². The van der Waals surface area contributed by atoms with Crippen LogP contribution in [0, 0.1) is 0 Å². The molecule has 0 saturated carbocycles. The van der Waals surface area contributed by atoms with Crippen molar-refractivity contribution in [1.29, 1.82) is 0 Å². The van der Waals surface area contributed by atoms with E-state index in [-0.39, 0.29) is 24.3 Å². The molecule has 1 amide bonds. The Hall–Kier alpha value is -1.97. The molecule has 1 saturated heterocycles. The molecule has 8 nitrogen and oxygen atoms in total. The number of amides is 1. The van der Waals surface area contributed by atoms with E-state index in [4.69, 9.17) is 10.8 Å². The maximum Gasteiger partial charge on any atom is 0.303 e. The number of aryl methyl sites for hydroxylation is 1. The smallest absolute Gasteiger partial charge is 0.303 e. The van der Waals surface area contributed by atoms with Gasteiger partial charge in [-0.2, -0.15) is 4.31 Å². The van der Waals surface area contributed by atoms with Crippen LogP contribution in [-0.4, -0.2) is 53.5 Å². The van der Waals surface area contributed by atoms with Crippen molar-refractivity contribution in [3.63, 3.8) is 0 Å². The van der Waals surface area contributed by atoms with Crippen LogP contribution in [0.15, 0.2) is 29.2 Å². The van der Waals surface area contributed by atoms with Crippen LogP contribution in [0.1, 0.15) is 18.4 Å². The molecular weight excluding hydrogens is 324 g/mol. The van der Waals surface area contributed by atoms with Gasteiger partial charge in [0.15, 0.2) is 0 Å². The van der Waals surface area contributed by atoms with Crippen LogP contribution in [-0.2, 0) is 26.0 Å². The summed E-state index contributed by atoms with van der Waals surface area (Å²) in [5.74, 6) is -1.74. The minimum Gasteiger partial charge on any atom is -0.481 e. The van der Waals surface area contributed by atoms with Gasteiger partial charge in [-0.05, 0) is 24.1 Å². The van der Waals surface area contributed by atoms with Crippen molar-refractivity contribution in [2.45, 2.75) is 36.3 Å². The summed E-state index contributed by atoms with van der Waals surface area (Å²) in [7, 11) is -3.96. The summed E-state index contributed by atoms with van der Waals surface area (Å²) in [4.78, 5) is 21.9. The van der Waals surface area contributed by atoms with Gasteiger partial charge in [0.05, 0.1) is 11.0 Å². The zero-order chi connectivity index (χ0) is 17.2. The predicted octanol–water partition coefficient (Wildman–Crippen LogP) is -0.687. The standard InChI is InChI=1S/C14H18N2O6S/c15-14(20)12-7-10(17)8-16(12)23(21,22)11-4-1-9(2-5-11)3-6-13(18)19/h1-2,4-5,10,12,17H,3,6-8H2,(H2,15,20)(H,18,19). The van der Waals surface area contributed by atoms with Gasteiger partial charge in [0.25, 0.3) is 0 Å². The number of nitrogens with zero attached hydrogens (tertiary/aromatic N) is 1. The van der Waals surface area contributed by atoms with Gasteiger partial charge in [-0.25, -0.2) is 8.42 Å². The van der Waals surface area contributed by atoms with Gasteiger partial charge >= 0.3 is 5.97 Å². The summed E-state index contributed by atoms with van der Waals surface area (Å²) >= 11 is 0. The number of β-amino-alcohol motifs (C(OH)–C–C–N with tert-alkyl or cyclic N) is 1. The molecule has 1 heterocycles. The van der Waals surface area contributed by atoms with Crippen LogP contribution in [0.5, 0.6) is 0 Å². The molecule has 1 aromatic rings. The Labute approximate surface area is 133 Å². The highest BCUT2D eigenvalue weighted by atomic mass is 32.2. The van der Waals surface area contributed by atoms with Crippen molar-refractivity contribution in [1.82, 2.24) is 4.31 Å². The molecule has 9 heteroatoms. The number of aliphatic carboxylic acids is 1. The van der Waals surface area contributed by atoms with Gasteiger partial charge in [0, 0.05) is 19.4 Å². The Morgan fingerprint density at radius 2 is 1.87 bits per heavy atom. The highest BCUT2D eigenvalue weighted by molar-refractivity contribution is 7.89. The van der Waals surface area contributed by atoms with E-state index in [1.54, 1.807) is 0 Å². The predicted molar refractivity (Wildman–Crippen MR) is 79.9 cm³/mol. The maximum atomic E-state index is 12.6.